The van der Waals surface area contributed by atoms with Crippen LogP contribution in [0.4, 0.5) is 0 Å². The lowest BCUT2D eigenvalue weighted by molar-refractivity contribution is -0.0938. The Hall–Kier alpha value is -0.120. The van der Waals surface area contributed by atoms with E-state index in [9.17, 15) is 0 Å². The lowest BCUT2D eigenvalue weighted by Gasteiger charge is -2.12. The second kappa shape index (κ2) is 6.99. The quantitative estimate of drug-likeness (QED) is 0.548. The van der Waals surface area contributed by atoms with E-state index in [1.54, 1.807) is 0 Å². The van der Waals surface area contributed by atoms with Crippen molar-refractivity contribution in [2.45, 2.75) is 26.2 Å². The molecular formula is C7H17NO2. The first-order chi connectivity index (χ1) is 4.81. The van der Waals surface area contributed by atoms with Crippen molar-refractivity contribution in [3.63, 3.8) is 0 Å². The van der Waals surface area contributed by atoms with Gasteiger partial charge in [0.15, 0.2) is 0 Å². The van der Waals surface area contributed by atoms with E-state index in [2.05, 4.69) is 6.92 Å². The molecule has 10 heavy (non-hydrogen) atoms. The Morgan fingerprint density at radius 1 is 1.20 bits per heavy atom. The minimum atomic E-state index is 0.156. The third-order valence-corrected chi connectivity index (χ3v) is 1.34. The second-order valence-corrected chi connectivity index (χ2v) is 2.38. The molecule has 0 aliphatic carbocycles. The van der Waals surface area contributed by atoms with Crippen LogP contribution in [0.5, 0.6) is 0 Å². The van der Waals surface area contributed by atoms with Crippen LogP contribution in [-0.4, -0.2) is 35.1 Å². The maximum atomic E-state index is 9.03. The van der Waals surface area contributed by atoms with Crippen LogP contribution in [0.1, 0.15) is 26.2 Å². The summed E-state index contributed by atoms with van der Waals surface area (Å²) in [4.78, 5) is 0. The third-order valence-electron chi connectivity index (χ3n) is 1.34. The van der Waals surface area contributed by atoms with Crippen LogP contribution in [0.25, 0.3) is 0 Å². The molecule has 0 spiro atoms. The molecule has 0 atom stereocenters. The molecule has 0 aromatic heterocycles. The van der Waals surface area contributed by atoms with E-state index >= 15 is 0 Å². The van der Waals surface area contributed by atoms with Crippen molar-refractivity contribution in [2.24, 2.45) is 0 Å². The summed E-state index contributed by atoms with van der Waals surface area (Å²) in [6, 6.07) is 0. The summed E-state index contributed by atoms with van der Waals surface area (Å²) in [5, 5.41) is 18.7. The number of aliphatic hydroxyl groups excluding tert-OH is 1. The van der Waals surface area contributed by atoms with Gasteiger partial charge in [-0.3, -0.25) is 0 Å². The van der Waals surface area contributed by atoms with Crippen LogP contribution in [0.15, 0.2) is 0 Å². The van der Waals surface area contributed by atoms with Crippen molar-refractivity contribution >= 4 is 0 Å². The van der Waals surface area contributed by atoms with Crippen LogP contribution in [-0.2, 0) is 0 Å². The third kappa shape index (κ3) is 6.01. The minimum Gasteiger partial charge on any atom is -0.396 e. The summed E-state index contributed by atoms with van der Waals surface area (Å²) in [7, 11) is 0. The molecule has 3 heteroatoms. The van der Waals surface area contributed by atoms with E-state index in [0.717, 1.165) is 19.4 Å². The van der Waals surface area contributed by atoms with Crippen molar-refractivity contribution in [1.82, 2.24) is 5.06 Å². The van der Waals surface area contributed by atoms with Crippen molar-refractivity contribution in [2.75, 3.05) is 19.7 Å². The van der Waals surface area contributed by atoms with Crippen molar-refractivity contribution in [3.05, 3.63) is 0 Å². The number of hydroxylamine groups is 2. The normalized spacial score (nSPS) is 10.8. The number of hydrogen-bond acceptors (Lipinski definition) is 3. The fraction of sp³-hybridized carbons (Fsp3) is 1.00. The first-order valence-corrected chi connectivity index (χ1v) is 3.86. The second-order valence-electron chi connectivity index (χ2n) is 2.38. The van der Waals surface area contributed by atoms with Gasteiger partial charge in [0.1, 0.15) is 0 Å². The molecule has 0 heterocycles. The molecule has 0 rings (SSSR count). The molecule has 0 bridgehead atoms. The van der Waals surface area contributed by atoms with Crippen LogP contribution >= 0.6 is 0 Å². The molecule has 0 saturated heterocycles. The molecule has 0 fully saturated rings. The SMILES string of the molecule is CCCCN(O)CCCO. The molecule has 0 amide bonds. The molecule has 0 aromatic rings. The molecule has 62 valence electrons. The van der Waals surface area contributed by atoms with Crippen molar-refractivity contribution in [1.29, 1.82) is 0 Å². The number of rotatable bonds is 6. The maximum absolute atomic E-state index is 9.03. The number of aliphatic hydroxyl groups is 1. The molecular weight excluding hydrogens is 130 g/mol. The lowest BCUT2D eigenvalue weighted by Crippen LogP contribution is -2.22. The molecule has 3 nitrogen and oxygen atoms in total. The predicted octanol–water partition coefficient (Wildman–Crippen LogP) is 0.860. The fourth-order valence-corrected chi connectivity index (χ4v) is 0.706. The van der Waals surface area contributed by atoms with Gasteiger partial charge < -0.3 is 10.3 Å². The van der Waals surface area contributed by atoms with Gasteiger partial charge in [-0.05, 0) is 12.8 Å². The highest BCUT2D eigenvalue weighted by atomic mass is 16.5. The van der Waals surface area contributed by atoms with E-state index in [-0.39, 0.29) is 6.61 Å². The Morgan fingerprint density at radius 3 is 2.30 bits per heavy atom. The Kier molecular flexibility index (Phi) is 6.91. The summed E-state index contributed by atoms with van der Waals surface area (Å²) in [6.07, 6.45) is 2.76. The van der Waals surface area contributed by atoms with Gasteiger partial charge in [-0.25, -0.2) is 0 Å². The molecule has 0 unspecified atom stereocenters. The Bertz CT molecular complexity index is 60.6. The summed E-state index contributed by atoms with van der Waals surface area (Å²) < 4.78 is 0. The standard InChI is InChI=1S/C7H17NO2/c1-2-3-5-8(10)6-4-7-9/h9-10H,2-7H2,1H3. The van der Waals surface area contributed by atoms with Gasteiger partial charge in [0, 0.05) is 19.7 Å². The van der Waals surface area contributed by atoms with E-state index < -0.39 is 0 Å². The van der Waals surface area contributed by atoms with Gasteiger partial charge in [0.25, 0.3) is 0 Å². The highest BCUT2D eigenvalue weighted by molar-refractivity contribution is 4.44. The zero-order valence-corrected chi connectivity index (χ0v) is 6.58. The number of nitrogens with zero attached hydrogens (tertiary/aromatic N) is 1. The zero-order chi connectivity index (χ0) is 7.82. The maximum Gasteiger partial charge on any atom is 0.0444 e. The van der Waals surface area contributed by atoms with Crippen LogP contribution in [0, 0.1) is 0 Å². The first-order valence-electron chi connectivity index (χ1n) is 3.86. The van der Waals surface area contributed by atoms with Crippen LogP contribution < -0.4 is 0 Å². The van der Waals surface area contributed by atoms with E-state index in [0.29, 0.717) is 13.0 Å². The minimum absolute atomic E-state index is 0.156. The van der Waals surface area contributed by atoms with E-state index in [1.165, 1.54) is 5.06 Å². The summed E-state index contributed by atoms with van der Waals surface area (Å²) >= 11 is 0. The lowest BCUT2D eigenvalue weighted by atomic mass is 10.3. The average molecular weight is 147 g/mol. The molecule has 0 aromatic carbocycles. The first kappa shape index (κ1) is 9.88. The summed E-state index contributed by atoms with van der Waals surface area (Å²) in [5.74, 6) is 0. The Balaban J connectivity index is 3.00. The molecule has 0 aliphatic rings. The van der Waals surface area contributed by atoms with Gasteiger partial charge in [-0.1, -0.05) is 13.3 Å². The van der Waals surface area contributed by atoms with Crippen molar-refractivity contribution < 1.29 is 10.3 Å². The topological polar surface area (TPSA) is 43.7 Å². The monoisotopic (exact) mass is 147 g/mol. The van der Waals surface area contributed by atoms with Crippen molar-refractivity contribution in [3.8, 4) is 0 Å². The molecule has 0 aliphatic heterocycles. The number of hydrogen-bond donors (Lipinski definition) is 2. The smallest absolute Gasteiger partial charge is 0.0444 e. The van der Waals surface area contributed by atoms with Gasteiger partial charge in [-0.15, -0.1) is 0 Å². The van der Waals surface area contributed by atoms with Crippen LogP contribution in [0.2, 0.25) is 0 Å². The Morgan fingerprint density at radius 2 is 1.80 bits per heavy atom. The molecule has 0 radical (unpaired) electrons. The zero-order valence-electron chi connectivity index (χ0n) is 6.58. The largest absolute Gasteiger partial charge is 0.396 e. The van der Waals surface area contributed by atoms with Gasteiger partial charge >= 0.3 is 0 Å². The summed E-state index contributed by atoms with van der Waals surface area (Å²) in [5.41, 5.74) is 0. The van der Waals surface area contributed by atoms with Crippen LogP contribution in [0.3, 0.4) is 0 Å². The molecule has 2 N–H and O–H groups in total. The van der Waals surface area contributed by atoms with E-state index in [1.807, 2.05) is 0 Å². The van der Waals surface area contributed by atoms with Gasteiger partial charge in [0.2, 0.25) is 0 Å². The van der Waals surface area contributed by atoms with Gasteiger partial charge in [-0.2, -0.15) is 5.06 Å². The molecule has 0 saturated carbocycles. The Labute approximate surface area is 62.2 Å². The highest BCUT2D eigenvalue weighted by Gasteiger charge is 1.96. The summed E-state index contributed by atoms with van der Waals surface area (Å²) in [6.45, 7) is 3.54. The van der Waals surface area contributed by atoms with E-state index in [4.69, 9.17) is 10.3 Å². The average Bonchev–Trinajstić information content (AvgIpc) is 1.97. The fourth-order valence-electron chi connectivity index (χ4n) is 0.706. The predicted molar refractivity (Wildman–Crippen MR) is 40.0 cm³/mol. The van der Waals surface area contributed by atoms with Gasteiger partial charge in [0.05, 0.1) is 0 Å². The highest BCUT2D eigenvalue weighted by Crippen LogP contribution is 1.91. The number of unbranched alkanes of at least 4 members (excludes halogenated alkanes) is 1.